The number of carboxylic acids is 2. The fourth-order valence-corrected chi connectivity index (χ4v) is 2.12. The number of aliphatic carboxylic acids is 2. The summed E-state index contributed by atoms with van der Waals surface area (Å²) in [6.07, 6.45) is 1.13. The number of aryl methyl sites for hydroxylation is 1. The molecular weight excluding hydrogens is 286 g/mol. The molecule has 0 unspecified atom stereocenters. The highest BCUT2D eigenvalue weighted by atomic mass is 32.1. The number of carbonyl (C=O) groups excluding carboxylic acids is 1. The summed E-state index contributed by atoms with van der Waals surface area (Å²) in [5.41, 5.74) is 0. The predicted octanol–water partition coefficient (Wildman–Crippen LogP) is 0.569. The van der Waals surface area contributed by atoms with Gasteiger partial charge in [0.1, 0.15) is 6.04 Å². The molecule has 1 aromatic rings. The van der Waals surface area contributed by atoms with Crippen LogP contribution in [0, 0.1) is 6.92 Å². The maximum Gasteiger partial charge on any atom is 0.326 e. The van der Waals surface area contributed by atoms with Gasteiger partial charge < -0.3 is 20.8 Å². The first kappa shape index (κ1) is 15.9. The van der Waals surface area contributed by atoms with Crippen molar-refractivity contribution in [2.75, 3.05) is 0 Å². The molecular formula is C11H15N3O5S. The Bertz CT molecular complexity index is 502. The Balaban J connectivity index is 2.41. The largest absolute Gasteiger partial charge is 0.481 e. The fourth-order valence-electron chi connectivity index (χ4n) is 1.39. The molecule has 1 atom stereocenters. The van der Waals surface area contributed by atoms with Gasteiger partial charge >= 0.3 is 18.0 Å². The number of nitrogens with zero attached hydrogens (tertiary/aromatic N) is 1. The molecule has 20 heavy (non-hydrogen) atoms. The molecule has 0 spiro atoms. The minimum Gasteiger partial charge on any atom is -0.481 e. The quantitative estimate of drug-likeness (QED) is 0.582. The van der Waals surface area contributed by atoms with Gasteiger partial charge in [-0.05, 0) is 13.3 Å². The normalized spacial score (nSPS) is 11.7. The number of urea groups is 1. The highest BCUT2D eigenvalue weighted by molar-refractivity contribution is 7.11. The van der Waals surface area contributed by atoms with Gasteiger partial charge in [-0.1, -0.05) is 0 Å². The molecule has 0 aliphatic carbocycles. The third kappa shape index (κ3) is 5.65. The summed E-state index contributed by atoms with van der Waals surface area (Å²) < 4.78 is 0. The van der Waals surface area contributed by atoms with E-state index in [2.05, 4.69) is 15.6 Å². The number of hydrogen-bond acceptors (Lipinski definition) is 5. The molecule has 0 aliphatic heterocycles. The first-order valence-corrected chi connectivity index (χ1v) is 6.60. The van der Waals surface area contributed by atoms with Gasteiger partial charge in [-0.2, -0.15) is 0 Å². The molecule has 0 aliphatic rings. The van der Waals surface area contributed by atoms with Crippen molar-refractivity contribution in [1.82, 2.24) is 15.6 Å². The molecule has 110 valence electrons. The first-order chi connectivity index (χ1) is 9.38. The van der Waals surface area contributed by atoms with Crippen LogP contribution in [-0.2, 0) is 16.1 Å². The van der Waals surface area contributed by atoms with Crippen LogP contribution in [0.25, 0.3) is 0 Å². The van der Waals surface area contributed by atoms with Crippen LogP contribution < -0.4 is 10.6 Å². The third-order valence-corrected chi connectivity index (χ3v) is 3.26. The molecule has 8 nitrogen and oxygen atoms in total. The molecule has 0 aromatic carbocycles. The van der Waals surface area contributed by atoms with Gasteiger partial charge in [0.2, 0.25) is 0 Å². The highest BCUT2D eigenvalue weighted by Gasteiger charge is 2.20. The second kappa shape index (κ2) is 7.43. The number of nitrogens with one attached hydrogen (secondary N) is 2. The van der Waals surface area contributed by atoms with Crippen molar-refractivity contribution in [2.24, 2.45) is 0 Å². The van der Waals surface area contributed by atoms with E-state index in [9.17, 15) is 14.4 Å². The average molecular weight is 301 g/mol. The van der Waals surface area contributed by atoms with Gasteiger partial charge in [-0.3, -0.25) is 4.79 Å². The van der Waals surface area contributed by atoms with E-state index < -0.39 is 24.0 Å². The van der Waals surface area contributed by atoms with E-state index in [1.54, 1.807) is 6.20 Å². The van der Waals surface area contributed by atoms with Crippen molar-refractivity contribution in [3.05, 3.63) is 16.1 Å². The smallest absolute Gasteiger partial charge is 0.326 e. The summed E-state index contributed by atoms with van der Waals surface area (Å²) in [4.78, 5) is 37.7. The summed E-state index contributed by atoms with van der Waals surface area (Å²) in [6, 6.07) is -1.89. The van der Waals surface area contributed by atoms with Crippen molar-refractivity contribution in [1.29, 1.82) is 0 Å². The summed E-state index contributed by atoms with van der Waals surface area (Å²) in [5.74, 6) is -2.38. The lowest BCUT2D eigenvalue weighted by molar-refractivity contribution is -0.140. The highest BCUT2D eigenvalue weighted by Crippen LogP contribution is 2.10. The van der Waals surface area contributed by atoms with Crippen LogP contribution in [-0.4, -0.2) is 39.2 Å². The summed E-state index contributed by atoms with van der Waals surface area (Å²) >= 11 is 1.42. The minimum atomic E-state index is -1.27. The monoisotopic (exact) mass is 301 g/mol. The molecule has 2 amide bonds. The van der Waals surface area contributed by atoms with E-state index in [0.29, 0.717) is 0 Å². The van der Waals surface area contributed by atoms with E-state index in [1.165, 1.54) is 11.3 Å². The summed E-state index contributed by atoms with van der Waals surface area (Å²) in [5, 5.41) is 23.0. The second-order valence-electron chi connectivity index (χ2n) is 4.00. The predicted molar refractivity (Wildman–Crippen MR) is 70.5 cm³/mol. The standard InChI is InChI=1S/C11H15N3O5S/c1-6-12-4-7(20-6)5-13-11(19)14-8(10(17)18)2-3-9(15)16/h4,8H,2-3,5H2,1H3,(H,15,16)(H,17,18)(H2,13,14,19)/t8-/m0/s1. The van der Waals surface area contributed by atoms with Crippen molar-refractivity contribution in [3.63, 3.8) is 0 Å². The van der Waals surface area contributed by atoms with E-state index in [4.69, 9.17) is 10.2 Å². The van der Waals surface area contributed by atoms with Gasteiger partial charge in [-0.15, -0.1) is 11.3 Å². The number of rotatable bonds is 7. The maximum atomic E-state index is 11.5. The van der Waals surface area contributed by atoms with Crippen LogP contribution in [0.5, 0.6) is 0 Å². The van der Waals surface area contributed by atoms with Crippen LogP contribution in [0.15, 0.2) is 6.20 Å². The van der Waals surface area contributed by atoms with E-state index in [1.807, 2.05) is 6.92 Å². The topological polar surface area (TPSA) is 129 Å². The zero-order valence-corrected chi connectivity index (χ0v) is 11.6. The number of aromatic nitrogens is 1. The summed E-state index contributed by atoms with van der Waals surface area (Å²) in [7, 11) is 0. The molecule has 9 heteroatoms. The van der Waals surface area contributed by atoms with E-state index in [-0.39, 0.29) is 19.4 Å². The summed E-state index contributed by atoms with van der Waals surface area (Å²) in [6.45, 7) is 2.07. The molecule has 0 fully saturated rings. The molecule has 1 heterocycles. The number of thiazole rings is 1. The Kier molecular flexibility index (Phi) is 5.91. The molecule has 0 radical (unpaired) electrons. The minimum absolute atomic E-state index is 0.169. The SMILES string of the molecule is Cc1ncc(CNC(=O)N[C@@H](CCC(=O)O)C(=O)O)s1. The lowest BCUT2D eigenvalue weighted by atomic mass is 10.1. The lowest BCUT2D eigenvalue weighted by Gasteiger charge is -2.13. The molecule has 1 aromatic heterocycles. The molecule has 4 N–H and O–H groups in total. The number of carboxylic acid groups (broad SMARTS) is 2. The van der Waals surface area contributed by atoms with Crippen LogP contribution in [0.2, 0.25) is 0 Å². The van der Waals surface area contributed by atoms with Crippen LogP contribution in [0.3, 0.4) is 0 Å². The number of carbonyl (C=O) groups is 3. The number of amides is 2. The molecule has 0 bridgehead atoms. The van der Waals surface area contributed by atoms with Crippen LogP contribution in [0.4, 0.5) is 4.79 Å². The van der Waals surface area contributed by atoms with Crippen molar-refractivity contribution < 1.29 is 24.6 Å². The van der Waals surface area contributed by atoms with E-state index in [0.717, 1.165) is 9.88 Å². The Hall–Kier alpha value is -2.16. The van der Waals surface area contributed by atoms with Crippen molar-refractivity contribution in [3.8, 4) is 0 Å². The van der Waals surface area contributed by atoms with Crippen molar-refractivity contribution in [2.45, 2.75) is 32.4 Å². The Labute approximate surface area is 118 Å². The van der Waals surface area contributed by atoms with Gasteiger partial charge in [-0.25, -0.2) is 14.6 Å². The van der Waals surface area contributed by atoms with E-state index >= 15 is 0 Å². The van der Waals surface area contributed by atoms with Crippen molar-refractivity contribution >= 4 is 29.3 Å². The third-order valence-electron chi connectivity index (χ3n) is 2.34. The maximum absolute atomic E-state index is 11.5. The molecule has 1 rings (SSSR count). The lowest BCUT2D eigenvalue weighted by Crippen LogP contribution is -2.45. The van der Waals surface area contributed by atoms with Gasteiger partial charge in [0.25, 0.3) is 0 Å². The molecule has 0 saturated heterocycles. The van der Waals surface area contributed by atoms with Crippen LogP contribution >= 0.6 is 11.3 Å². The van der Waals surface area contributed by atoms with Gasteiger partial charge in [0, 0.05) is 17.5 Å². The molecule has 0 saturated carbocycles. The Morgan fingerprint density at radius 2 is 2.10 bits per heavy atom. The van der Waals surface area contributed by atoms with Crippen LogP contribution in [0.1, 0.15) is 22.7 Å². The Morgan fingerprint density at radius 1 is 1.40 bits per heavy atom. The Morgan fingerprint density at radius 3 is 2.60 bits per heavy atom. The zero-order chi connectivity index (χ0) is 15.1. The fraction of sp³-hybridized carbons (Fsp3) is 0.455. The number of hydrogen-bond donors (Lipinski definition) is 4. The zero-order valence-electron chi connectivity index (χ0n) is 10.8. The second-order valence-corrected chi connectivity index (χ2v) is 5.32. The first-order valence-electron chi connectivity index (χ1n) is 5.78. The average Bonchev–Trinajstić information content (AvgIpc) is 2.77. The van der Waals surface area contributed by atoms with Gasteiger partial charge in [0.15, 0.2) is 0 Å². The van der Waals surface area contributed by atoms with Gasteiger partial charge in [0.05, 0.1) is 11.6 Å².